The summed E-state index contributed by atoms with van der Waals surface area (Å²) in [4.78, 5) is 21.1. The third kappa shape index (κ3) is 5.53. The standard InChI is InChI=1S/C22H21N5O2/c1-15-25-20(22(28)27-18-7-3-6-17(11-18)14-23)13-21(26-15)24-10-9-16-5-4-8-19(12-16)29-2/h3-8,11-13H,9-10H2,1-2H3,(H,27,28)(H,24,25,26). The largest absolute Gasteiger partial charge is 0.497 e. The van der Waals surface area contributed by atoms with Gasteiger partial charge < -0.3 is 15.4 Å². The zero-order valence-corrected chi connectivity index (χ0v) is 16.3. The summed E-state index contributed by atoms with van der Waals surface area (Å²) in [6, 6.07) is 18.3. The molecule has 0 atom stereocenters. The molecule has 1 amide bonds. The minimum absolute atomic E-state index is 0.253. The maximum atomic E-state index is 12.6. The van der Waals surface area contributed by atoms with Crippen molar-refractivity contribution in [1.82, 2.24) is 9.97 Å². The molecule has 0 unspecified atom stereocenters. The molecule has 0 saturated carbocycles. The molecule has 0 bridgehead atoms. The highest BCUT2D eigenvalue weighted by molar-refractivity contribution is 6.03. The summed E-state index contributed by atoms with van der Waals surface area (Å²) in [5.41, 5.74) is 2.40. The second-order valence-electron chi connectivity index (χ2n) is 6.36. The molecule has 0 radical (unpaired) electrons. The first-order valence-electron chi connectivity index (χ1n) is 9.11. The quantitative estimate of drug-likeness (QED) is 0.643. The van der Waals surface area contributed by atoms with Gasteiger partial charge in [-0.15, -0.1) is 0 Å². The highest BCUT2D eigenvalue weighted by Crippen LogP contribution is 2.15. The van der Waals surface area contributed by atoms with Crippen molar-refractivity contribution in [3.8, 4) is 11.8 Å². The van der Waals surface area contributed by atoms with Crippen molar-refractivity contribution in [3.05, 3.63) is 77.2 Å². The molecule has 2 aromatic carbocycles. The first-order chi connectivity index (χ1) is 14.1. The Labute approximate surface area is 169 Å². The maximum Gasteiger partial charge on any atom is 0.274 e. The predicted octanol–water partition coefficient (Wildman–Crippen LogP) is 3.57. The van der Waals surface area contributed by atoms with E-state index >= 15 is 0 Å². The van der Waals surface area contributed by atoms with Crippen LogP contribution in [0.25, 0.3) is 0 Å². The first kappa shape index (κ1) is 19.8. The van der Waals surface area contributed by atoms with Crippen molar-refractivity contribution < 1.29 is 9.53 Å². The third-order valence-electron chi connectivity index (χ3n) is 4.17. The van der Waals surface area contributed by atoms with Gasteiger partial charge in [-0.1, -0.05) is 18.2 Å². The fourth-order valence-electron chi connectivity index (χ4n) is 2.80. The Balaban J connectivity index is 1.65. The van der Waals surface area contributed by atoms with Gasteiger partial charge >= 0.3 is 0 Å². The van der Waals surface area contributed by atoms with E-state index in [1.54, 1.807) is 44.4 Å². The minimum Gasteiger partial charge on any atom is -0.497 e. The molecule has 3 rings (SSSR count). The second kappa shape index (κ2) is 9.33. The molecule has 0 saturated heterocycles. The number of carbonyl (C=O) groups excluding carboxylic acids is 1. The lowest BCUT2D eigenvalue weighted by molar-refractivity contribution is 0.102. The number of aryl methyl sites for hydroxylation is 1. The van der Waals surface area contributed by atoms with Crippen LogP contribution in [0, 0.1) is 18.3 Å². The molecule has 7 heteroatoms. The Kier molecular flexibility index (Phi) is 6.38. The molecule has 0 aliphatic carbocycles. The molecule has 0 aliphatic heterocycles. The van der Waals surface area contributed by atoms with Crippen LogP contribution in [0.3, 0.4) is 0 Å². The van der Waals surface area contributed by atoms with Gasteiger partial charge in [-0.3, -0.25) is 4.79 Å². The number of benzene rings is 2. The van der Waals surface area contributed by atoms with Gasteiger partial charge in [0.2, 0.25) is 0 Å². The van der Waals surface area contributed by atoms with Gasteiger partial charge in [-0.2, -0.15) is 5.26 Å². The van der Waals surface area contributed by atoms with E-state index in [-0.39, 0.29) is 11.6 Å². The number of nitrogens with zero attached hydrogens (tertiary/aromatic N) is 3. The normalized spacial score (nSPS) is 10.1. The molecule has 29 heavy (non-hydrogen) atoms. The number of anilines is 2. The number of rotatable bonds is 7. The number of amides is 1. The fourth-order valence-corrected chi connectivity index (χ4v) is 2.80. The number of nitriles is 1. The summed E-state index contributed by atoms with van der Waals surface area (Å²) in [7, 11) is 1.64. The zero-order chi connectivity index (χ0) is 20.6. The smallest absolute Gasteiger partial charge is 0.274 e. The van der Waals surface area contributed by atoms with Crippen LogP contribution in [0.5, 0.6) is 5.75 Å². The van der Waals surface area contributed by atoms with E-state index in [1.807, 2.05) is 30.3 Å². The number of aromatic nitrogens is 2. The Morgan fingerprint density at radius 1 is 1.14 bits per heavy atom. The lowest BCUT2D eigenvalue weighted by Crippen LogP contribution is -2.16. The highest BCUT2D eigenvalue weighted by Gasteiger charge is 2.11. The Hall–Kier alpha value is -3.92. The Morgan fingerprint density at radius 3 is 2.76 bits per heavy atom. The van der Waals surface area contributed by atoms with Crippen LogP contribution in [-0.2, 0) is 6.42 Å². The lowest BCUT2D eigenvalue weighted by Gasteiger charge is -2.10. The van der Waals surface area contributed by atoms with E-state index in [0.717, 1.165) is 17.7 Å². The second-order valence-corrected chi connectivity index (χ2v) is 6.36. The number of carbonyl (C=O) groups is 1. The summed E-state index contributed by atoms with van der Waals surface area (Å²) in [6.07, 6.45) is 0.780. The molecule has 1 heterocycles. The molecule has 2 N–H and O–H groups in total. The molecular weight excluding hydrogens is 366 g/mol. The summed E-state index contributed by atoms with van der Waals surface area (Å²) >= 11 is 0. The molecule has 7 nitrogen and oxygen atoms in total. The van der Waals surface area contributed by atoms with Crippen molar-refractivity contribution in [2.24, 2.45) is 0 Å². The molecule has 0 fully saturated rings. The van der Waals surface area contributed by atoms with Crippen molar-refractivity contribution in [1.29, 1.82) is 5.26 Å². The summed E-state index contributed by atoms with van der Waals surface area (Å²) in [5.74, 6) is 1.53. The molecule has 1 aromatic heterocycles. The van der Waals surface area contributed by atoms with Gasteiger partial charge in [0.05, 0.1) is 18.7 Å². The fraction of sp³-hybridized carbons (Fsp3) is 0.182. The van der Waals surface area contributed by atoms with E-state index < -0.39 is 0 Å². The summed E-state index contributed by atoms with van der Waals surface area (Å²) in [6.45, 7) is 2.38. The van der Waals surface area contributed by atoms with Gasteiger partial charge in [0.15, 0.2) is 0 Å². The monoisotopic (exact) mass is 387 g/mol. The topological polar surface area (TPSA) is 99.9 Å². The Morgan fingerprint density at radius 2 is 1.97 bits per heavy atom. The van der Waals surface area contributed by atoms with E-state index in [1.165, 1.54) is 0 Å². The van der Waals surface area contributed by atoms with Gasteiger partial charge in [-0.05, 0) is 49.2 Å². The molecular formula is C22H21N5O2. The van der Waals surface area contributed by atoms with Crippen LogP contribution in [0.4, 0.5) is 11.5 Å². The molecule has 3 aromatic rings. The summed E-state index contributed by atoms with van der Waals surface area (Å²) in [5, 5.41) is 15.0. The highest BCUT2D eigenvalue weighted by atomic mass is 16.5. The van der Waals surface area contributed by atoms with Gasteiger partial charge in [-0.25, -0.2) is 9.97 Å². The van der Waals surface area contributed by atoms with Gasteiger partial charge in [0, 0.05) is 18.3 Å². The van der Waals surface area contributed by atoms with E-state index in [0.29, 0.717) is 29.4 Å². The predicted molar refractivity (Wildman–Crippen MR) is 111 cm³/mol. The average molecular weight is 387 g/mol. The molecule has 0 aliphatic rings. The summed E-state index contributed by atoms with van der Waals surface area (Å²) < 4.78 is 5.24. The lowest BCUT2D eigenvalue weighted by atomic mass is 10.1. The van der Waals surface area contributed by atoms with Crippen molar-refractivity contribution in [2.45, 2.75) is 13.3 Å². The number of hydrogen-bond donors (Lipinski definition) is 2. The van der Waals surface area contributed by atoms with E-state index in [2.05, 4.69) is 20.6 Å². The van der Waals surface area contributed by atoms with Gasteiger partial charge in [0.1, 0.15) is 23.1 Å². The number of nitrogens with one attached hydrogen (secondary N) is 2. The van der Waals surface area contributed by atoms with Crippen LogP contribution in [0.1, 0.15) is 27.4 Å². The molecule has 0 spiro atoms. The zero-order valence-electron chi connectivity index (χ0n) is 16.3. The number of hydrogen-bond acceptors (Lipinski definition) is 6. The van der Waals surface area contributed by atoms with Crippen LogP contribution in [0.15, 0.2) is 54.6 Å². The van der Waals surface area contributed by atoms with Crippen LogP contribution in [0.2, 0.25) is 0 Å². The first-order valence-corrected chi connectivity index (χ1v) is 9.11. The van der Waals surface area contributed by atoms with Gasteiger partial charge in [0.25, 0.3) is 5.91 Å². The molecule has 146 valence electrons. The van der Waals surface area contributed by atoms with Crippen molar-refractivity contribution >= 4 is 17.4 Å². The Bertz CT molecular complexity index is 1060. The van der Waals surface area contributed by atoms with E-state index in [9.17, 15) is 4.79 Å². The SMILES string of the molecule is COc1cccc(CCNc2cc(C(=O)Nc3cccc(C#N)c3)nc(C)n2)c1. The van der Waals surface area contributed by atoms with Crippen LogP contribution < -0.4 is 15.4 Å². The van der Waals surface area contributed by atoms with Crippen molar-refractivity contribution in [2.75, 3.05) is 24.3 Å². The number of methoxy groups -OCH3 is 1. The minimum atomic E-state index is -0.360. The van der Waals surface area contributed by atoms with Crippen molar-refractivity contribution in [3.63, 3.8) is 0 Å². The third-order valence-corrected chi connectivity index (χ3v) is 4.17. The van der Waals surface area contributed by atoms with Crippen LogP contribution in [-0.4, -0.2) is 29.5 Å². The number of ether oxygens (including phenoxy) is 1. The van der Waals surface area contributed by atoms with E-state index in [4.69, 9.17) is 10.00 Å². The maximum absolute atomic E-state index is 12.6. The van der Waals surface area contributed by atoms with Crippen LogP contribution >= 0.6 is 0 Å². The average Bonchev–Trinajstić information content (AvgIpc) is 2.73.